The Morgan fingerprint density at radius 3 is 1.75 bits per heavy atom. The zero-order valence-electron chi connectivity index (χ0n) is 19.5. The van der Waals surface area contributed by atoms with Crippen molar-refractivity contribution in [2.24, 2.45) is 0 Å². The summed E-state index contributed by atoms with van der Waals surface area (Å²) in [5.41, 5.74) is 7.11. The minimum absolute atomic E-state index is 0.679. The predicted octanol–water partition coefficient (Wildman–Crippen LogP) is 8.14. The lowest BCUT2D eigenvalue weighted by molar-refractivity contribution is 0.669. The highest BCUT2D eigenvalue weighted by Gasteiger charge is 2.25. The van der Waals surface area contributed by atoms with Gasteiger partial charge < -0.3 is 4.42 Å². The Morgan fingerprint density at radius 2 is 1.03 bits per heavy atom. The summed E-state index contributed by atoms with van der Waals surface area (Å²) in [5.74, 6) is 0. The SMILES string of the molecule is c1ccc(P(c2ccccc2)c2ccc3oc4cc5c6c(cccc6c4c3c2)-c2ccccc2-5)cc1. The highest BCUT2D eigenvalue weighted by Crippen LogP contribution is 2.50. The van der Waals surface area contributed by atoms with Crippen LogP contribution in [-0.2, 0) is 0 Å². The van der Waals surface area contributed by atoms with Crippen molar-refractivity contribution in [1.29, 1.82) is 0 Å². The molecule has 1 aliphatic rings. The molecule has 7 aromatic rings. The third-order valence-corrected chi connectivity index (χ3v) is 9.80. The van der Waals surface area contributed by atoms with Crippen LogP contribution in [0.25, 0.3) is 55.0 Å². The first-order valence-corrected chi connectivity index (χ1v) is 13.6. The van der Waals surface area contributed by atoms with Crippen LogP contribution >= 0.6 is 7.92 Å². The molecule has 0 aliphatic heterocycles. The third kappa shape index (κ3) is 2.81. The highest BCUT2D eigenvalue weighted by molar-refractivity contribution is 7.79. The van der Waals surface area contributed by atoms with Gasteiger partial charge in [-0.3, -0.25) is 0 Å². The summed E-state index contributed by atoms with van der Waals surface area (Å²) in [6, 6.07) is 46.2. The molecule has 0 spiro atoms. The van der Waals surface area contributed by atoms with Crippen molar-refractivity contribution < 1.29 is 4.42 Å². The van der Waals surface area contributed by atoms with E-state index in [-0.39, 0.29) is 0 Å². The van der Waals surface area contributed by atoms with Crippen LogP contribution in [0.1, 0.15) is 0 Å². The summed E-state index contributed by atoms with van der Waals surface area (Å²) in [4.78, 5) is 0. The van der Waals surface area contributed by atoms with Gasteiger partial charge in [0.15, 0.2) is 0 Å². The molecule has 1 aliphatic carbocycles. The maximum absolute atomic E-state index is 6.49. The molecule has 1 aromatic heterocycles. The highest BCUT2D eigenvalue weighted by atomic mass is 31.1. The molecule has 0 radical (unpaired) electrons. The summed E-state index contributed by atoms with van der Waals surface area (Å²) in [6.07, 6.45) is 0. The lowest BCUT2D eigenvalue weighted by atomic mass is 9.98. The summed E-state index contributed by atoms with van der Waals surface area (Å²) < 4.78 is 6.49. The van der Waals surface area contributed by atoms with Crippen LogP contribution in [0.2, 0.25) is 0 Å². The Balaban J connectivity index is 1.43. The molecule has 6 aromatic carbocycles. The molecule has 36 heavy (non-hydrogen) atoms. The summed E-state index contributed by atoms with van der Waals surface area (Å²) in [6.45, 7) is 0. The van der Waals surface area contributed by atoms with Crippen LogP contribution in [0, 0.1) is 0 Å². The molecule has 2 heteroatoms. The maximum Gasteiger partial charge on any atom is 0.136 e. The number of furan rings is 1. The van der Waals surface area contributed by atoms with Crippen molar-refractivity contribution in [3.63, 3.8) is 0 Å². The molecule has 0 fully saturated rings. The van der Waals surface area contributed by atoms with Crippen molar-refractivity contribution in [2.75, 3.05) is 0 Å². The van der Waals surface area contributed by atoms with Gasteiger partial charge in [0.2, 0.25) is 0 Å². The average molecular weight is 477 g/mol. The fraction of sp³-hybridized carbons (Fsp3) is 0. The van der Waals surface area contributed by atoms with E-state index < -0.39 is 7.92 Å². The second-order valence-corrected chi connectivity index (χ2v) is 11.6. The van der Waals surface area contributed by atoms with E-state index in [1.54, 1.807) is 0 Å². The predicted molar refractivity (Wildman–Crippen MR) is 154 cm³/mol. The second kappa shape index (κ2) is 7.65. The Labute approximate surface area is 210 Å². The van der Waals surface area contributed by atoms with Crippen LogP contribution in [0.5, 0.6) is 0 Å². The van der Waals surface area contributed by atoms with Crippen LogP contribution in [-0.4, -0.2) is 0 Å². The van der Waals surface area contributed by atoms with Gasteiger partial charge in [0, 0.05) is 10.8 Å². The largest absolute Gasteiger partial charge is 0.456 e. The monoisotopic (exact) mass is 476 g/mol. The van der Waals surface area contributed by atoms with Crippen LogP contribution in [0.4, 0.5) is 0 Å². The lowest BCUT2D eigenvalue weighted by Crippen LogP contribution is -2.20. The van der Waals surface area contributed by atoms with E-state index in [1.165, 1.54) is 59.7 Å². The van der Waals surface area contributed by atoms with Crippen molar-refractivity contribution in [3.05, 3.63) is 127 Å². The van der Waals surface area contributed by atoms with E-state index in [4.69, 9.17) is 4.42 Å². The summed E-state index contributed by atoms with van der Waals surface area (Å²) in [7, 11) is -0.679. The molecule has 0 atom stereocenters. The first-order chi connectivity index (χ1) is 17.9. The molecule has 0 amide bonds. The molecule has 168 valence electrons. The molecule has 0 N–H and O–H groups in total. The molecule has 0 bridgehead atoms. The van der Waals surface area contributed by atoms with Crippen LogP contribution in [0.3, 0.4) is 0 Å². The van der Waals surface area contributed by atoms with E-state index in [9.17, 15) is 0 Å². The number of rotatable bonds is 3. The molecule has 1 nitrogen and oxygen atoms in total. The first kappa shape index (κ1) is 20.0. The van der Waals surface area contributed by atoms with Gasteiger partial charge in [0.1, 0.15) is 11.2 Å². The van der Waals surface area contributed by atoms with Crippen molar-refractivity contribution in [2.45, 2.75) is 0 Å². The normalized spacial score (nSPS) is 12.1. The molecule has 0 unspecified atom stereocenters. The van der Waals surface area contributed by atoms with Gasteiger partial charge in [-0.2, -0.15) is 0 Å². The standard InChI is InChI=1S/C34H21OP/c1-3-10-22(11-4-1)36(23-12-5-2-6-13-23)24-18-19-31-30(20-24)34-28-17-9-16-27-25-14-7-8-15-26(25)29(33(27)28)21-32(34)35-31/h1-21H. The fourth-order valence-electron chi connectivity index (χ4n) is 5.87. The zero-order valence-corrected chi connectivity index (χ0v) is 20.4. The van der Waals surface area contributed by atoms with Gasteiger partial charge in [0.05, 0.1) is 0 Å². The summed E-state index contributed by atoms with van der Waals surface area (Å²) in [5, 5.41) is 9.08. The van der Waals surface area contributed by atoms with Crippen molar-refractivity contribution in [1.82, 2.24) is 0 Å². The van der Waals surface area contributed by atoms with E-state index in [0.29, 0.717) is 0 Å². The number of fused-ring (bicyclic) bond motifs is 7. The maximum atomic E-state index is 6.49. The van der Waals surface area contributed by atoms with Crippen molar-refractivity contribution in [3.8, 4) is 22.3 Å². The van der Waals surface area contributed by atoms with Gasteiger partial charge in [-0.15, -0.1) is 0 Å². The van der Waals surface area contributed by atoms with E-state index in [0.717, 1.165) is 11.2 Å². The average Bonchev–Trinajstić information content (AvgIpc) is 3.47. The molecule has 8 rings (SSSR count). The first-order valence-electron chi connectivity index (χ1n) is 12.3. The second-order valence-electron chi connectivity index (χ2n) is 9.36. The topological polar surface area (TPSA) is 13.1 Å². The van der Waals surface area contributed by atoms with E-state index in [2.05, 4.69) is 127 Å². The summed E-state index contributed by atoms with van der Waals surface area (Å²) >= 11 is 0. The third-order valence-electron chi connectivity index (χ3n) is 7.37. The quantitative estimate of drug-likeness (QED) is 0.235. The molecule has 0 saturated carbocycles. The molecule has 1 heterocycles. The Morgan fingerprint density at radius 1 is 0.389 bits per heavy atom. The molecular formula is C34H21OP. The Kier molecular flexibility index (Phi) is 4.26. The molecule has 0 saturated heterocycles. The van der Waals surface area contributed by atoms with Gasteiger partial charge in [-0.25, -0.2) is 0 Å². The van der Waals surface area contributed by atoms with Crippen LogP contribution in [0.15, 0.2) is 132 Å². The Hall–Kier alpha value is -4.19. The smallest absolute Gasteiger partial charge is 0.136 e. The number of benzene rings is 6. The van der Waals surface area contributed by atoms with E-state index >= 15 is 0 Å². The fourth-order valence-corrected chi connectivity index (χ4v) is 8.19. The van der Waals surface area contributed by atoms with Gasteiger partial charge in [-0.05, 0) is 75.1 Å². The zero-order chi connectivity index (χ0) is 23.6. The van der Waals surface area contributed by atoms with Crippen LogP contribution < -0.4 is 15.9 Å². The van der Waals surface area contributed by atoms with Gasteiger partial charge in [0.25, 0.3) is 0 Å². The Bertz CT molecular complexity index is 1890. The number of hydrogen-bond acceptors (Lipinski definition) is 1. The van der Waals surface area contributed by atoms with Gasteiger partial charge in [-0.1, -0.05) is 109 Å². The minimum Gasteiger partial charge on any atom is -0.456 e. The minimum atomic E-state index is -0.679. The molecular weight excluding hydrogens is 455 g/mol. The number of hydrogen-bond donors (Lipinski definition) is 0. The van der Waals surface area contributed by atoms with Gasteiger partial charge >= 0.3 is 0 Å². The lowest BCUT2D eigenvalue weighted by Gasteiger charge is -2.19. The van der Waals surface area contributed by atoms with Crippen molar-refractivity contribution >= 4 is 56.5 Å². The van der Waals surface area contributed by atoms with E-state index in [1.807, 2.05) is 0 Å².